The Hall–Kier alpha value is -3.01. The van der Waals surface area contributed by atoms with Crippen molar-refractivity contribution in [1.82, 2.24) is 0 Å². The predicted octanol–water partition coefficient (Wildman–Crippen LogP) is 10.2. The van der Waals surface area contributed by atoms with Gasteiger partial charge in [0.2, 0.25) is 5.82 Å². The number of hydrogen-bond donors (Lipinski definition) is 0. The van der Waals surface area contributed by atoms with Crippen LogP contribution in [0, 0.1) is 23.4 Å². The molecule has 4 rings (SSSR count). The summed E-state index contributed by atoms with van der Waals surface area (Å²) in [4.78, 5) is 0. The van der Waals surface area contributed by atoms with Gasteiger partial charge in [0.1, 0.15) is 5.82 Å². The van der Waals surface area contributed by atoms with Crippen molar-refractivity contribution < 1.29 is 17.9 Å². The van der Waals surface area contributed by atoms with Gasteiger partial charge >= 0.3 is 0 Å². The Labute approximate surface area is 219 Å². The summed E-state index contributed by atoms with van der Waals surface area (Å²) in [6.07, 6.45) is 12.9. The van der Waals surface area contributed by atoms with E-state index in [-0.39, 0.29) is 17.1 Å². The maximum atomic E-state index is 15.1. The summed E-state index contributed by atoms with van der Waals surface area (Å²) in [5.41, 5.74) is 2.96. The fourth-order valence-electron chi connectivity index (χ4n) is 5.34. The van der Waals surface area contributed by atoms with Gasteiger partial charge in [-0.25, -0.2) is 8.78 Å². The maximum Gasteiger partial charge on any atom is 0.201 e. The summed E-state index contributed by atoms with van der Waals surface area (Å²) in [6, 6.07) is 15.5. The van der Waals surface area contributed by atoms with Crippen molar-refractivity contribution in [1.29, 1.82) is 0 Å². The first-order chi connectivity index (χ1) is 18.0. The molecule has 0 N–H and O–H groups in total. The molecule has 0 aromatic heterocycles. The van der Waals surface area contributed by atoms with E-state index < -0.39 is 11.6 Å². The van der Waals surface area contributed by atoms with Gasteiger partial charge in [-0.05, 0) is 85.8 Å². The molecule has 0 radical (unpaired) electrons. The van der Waals surface area contributed by atoms with E-state index in [0.717, 1.165) is 56.9 Å². The van der Waals surface area contributed by atoms with Gasteiger partial charge in [-0.2, -0.15) is 4.39 Å². The Morgan fingerprint density at radius 1 is 0.784 bits per heavy atom. The topological polar surface area (TPSA) is 9.23 Å². The molecule has 0 heterocycles. The van der Waals surface area contributed by atoms with Gasteiger partial charge in [0.15, 0.2) is 11.6 Å². The van der Waals surface area contributed by atoms with Gasteiger partial charge in [0.25, 0.3) is 0 Å². The molecule has 1 fully saturated rings. The highest BCUT2D eigenvalue weighted by Crippen LogP contribution is 2.38. The van der Waals surface area contributed by atoms with Crippen LogP contribution in [-0.2, 0) is 0 Å². The first-order valence-corrected chi connectivity index (χ1v) is 13.7. The maximum absolute atomic E-state index is 15.1. The second-order valence-electron chi connectivity index (χ2n) is 10.1. The lowest BCUT2D eigenvalue weighted by Crippen LogP contribution is -2.12. The largest absolute Gasteiger partial charge is 0.490 e. The molecule has 0 amide bonds. The molecule has 0 saturated heterocycles. The van der Waals surface area contributed by atoms with Crippen LogP contribution < -0.4 is 4.74 Å². The lowest BCUT2D eigenvalue weighted by atomic mass is 9.78. The highest BCUT2D eigenvalue weighted by molar-refractivity contribution is 5.71. The third-order valence-corrected chi connectivity index (χ3v) is 7.51. The van der Waals surface area contributed by atoms with Crippen LogP contribution >= 0.6 is 0 Å². The molecule has 0 bridgehead atoms. The average Bonchev–Trinajstić information content (AvgIpc) is 2.92. The molecule has 196 valence electrons. The lowest BCUT2D eigenvalue weighted by Gasteiger charge is -2.27. The normalized spacial score (nSPS) is 17.9. The molecule has 1 aliphatic carbocycles. The van der Waals surface area contributed by atoms with Crippen LogP contribution in [0.5, 0.6) is 5.75 Å². The molecule has 0 aliphatic heterocycles. The molecule has 0 atom stereocenters. The fourth-order valence-corrected chi connectivity index (χ4v) is 5.34. The van der Waals surface area contributed by atoms with E-state index in [4.69, 9.17) is 4.74 Å². The number of halogens is 3. The van der Waals surface area contributed by atoms with Crippen molar-refractivity contribution in [2.45, 2.75) is 71.1 Å². The summed E-state index contributed by atoms with van der Waals surface area (Å²) in [6.45, 7) is 4.54. The molecule has 0 unspecified atom stereocenters. The molecule has 1 saturated carbocycles. The summed E-state index contributed by atoms with van der Waals surface area (Å²) >= 11 is 0. The number of allylic oxidation sites excluding steroid dienone is 2. The summed E-state index contributed by atoms with van der Waals surface area (Å²) < 4.78 is 50.0. The molecule has 37 heavy (non-hydrogen) atoms. The molecule has 1 aliphatic rings. The molecule has 0 spiro atoms. The van der Waals surface area contributed by atoms with Crippen LogP contribution in [0.3, 0.4) is 0 Å². The zero-order valence-electron chi connectivity index (χ0n) is 21.9. The van der Waals surface area contributed by atoms with E-state index in [2.05, 4.69) is 26.0 Å². The van der Waals surface area contributed by atoms with Crippen molar-refractivity contribution in [3.8, 4) is 28.0 Å². The molecule has 3 aromatic carbocycles. The third kappa shape index (κ3) is 6.66. The van der Waals surface area contributed by atoms with Crippen LogP contribution in [0.2, 0.25) is 0 Å². The van der Waals surface area contributed by atoms with Crippen LogP contribution in [0.4, 0.5) is 13.2 Å². The van der Waals surface area contributed by atoms with E-state index in [9.17, 15) is 8.78 Å². The highest BCUT2D eigenvalue weighted by atomic mass is 19.2. The first-order valence-electron chi connectivity index (χ1n) is 13.7. The van der Waals surface area contributed by atoms with Gasteiger partial charge in [-0.1, -0.05) is 74.7 Å². The first kappa shape index (κ1) is 27.0. The van der Waals surface area contributed by atoms with E-state index in [1.54, 1.807) is 30.3 Å². The number of rotatable bonds is 10. The van der Waals surface area contributed by atoms with E-state index >= 15 is 4.39 Å². The smallest absolute Gasteiger partial charge is 0.201 e. The van der Waals surface area contributed by atoms with Crippen molar-refractivity contribution >= 4 is 0 Å². The SMILES string of the molecule is CC=CC1CCC(c2ccc(-c3ccc(-c4ccc(OCCCCCC)c(F)c4F)cc3)c(F)c2)CC1. The highest BCUT2D eigenvalue weighted by Gasteiger charge is 2.22. The lowest BCUT2D eigenvalue weighted by molar-refractivity contribution is 0.285. The predicted molar refractivity (Wildman–Crippen MR) is 146 cm³/mol. The van der Waals surface area contributed by atoms with Crippen molar-refractivity contribution in [2.24, 2.45) is 5.92 Å². The average molecular weight is 507 g/mol. The quantitative estimate of drug-likeness (QED) is 0.196. The van der Waals surface area contributed by atoms with Gasteiger partial charge in [0, 0.05) is 11.1 Å². The number of hydrogen-bond acceptors (Lipinski definition) is 1. The second kappa shape index (κ2) is 13.0. The van der Waals surface area contributed by atoms with Gasteiger partial charge < -0.3 is 4.74 Å². The van der Waals surface area contributed by atoms with Gasteiger partial charge in [-0.15, -0.1) is 0 Å². The summed E-state index contributed by atoms with van der Waals surface area (Å²) in [7, 11) is 0. The van der Waals surface area contributed by atoms with Crippen molar-refractivity contribution in [3.05, 3.63) is 89.8 Å². The summed E-state index contributed by atoms with van der Waals surface area (Å²) in [5, 5.41) is 0. The van der Waals surface area contributed by atoms with Crippen LogP contribution in [0.25, 0.3) is 22.3 Å². The minimum Gasteiger partial charge on any atom is -0.490 e. The van der Waals surface area contributed by atoms with Gasteiger partial charge in [0.05, 0.1) is 6.61 Å². The Morgan fingerprint density at radius 3 is 2.11 bits per heavy atom. The second-order valence-corrected chi connectivity index (χ2v) is 10.1. The monoisotopic (exact) mass is 506 g/mol. The zero-order chi connectivity index (χ0) is 26.2. The van der Waals surface area contributed by atoms with E-state index in [1.807, 2.05) is 12.1 Å². The molecule has 4 heteroatoms. The zero-order valence-corrected chi connectivity index (χ0v) is 21.9. The Kier molecular flexibility index (Phi) is 9.49. The standard InChI is InChI=1S/C33H37F3O/c1-3-5-6-7-21-37-31-20-19-29(32(35)33(31)36)26-15-13-25(14-16-26)28-18-17-27(22-30(28)34)24-11-9-23(8-4-2)10-12-24/h4,8,13-20,22-24H,3,5-7,9-12,21H2,1-2H3. The fraction of sp³-hybridized carbons (Fsp3) is 0.394. The van der Waals surface area contributed by atoms with E-state index in [1.165, 1.54) is 12.1 Å². The Balaban J connectivity index is 1.44. The van der Waals surface area contributed by atoms with E-state index in [0.29, 0.717) is 35.1 Å². The van der Waals surface area contributed by atoms with Crippen molar-refractivity contribution in [3.63, 3.8) is 0 Å². The number of unbranched alkanes of at least 4 members (excludes halogenated alkanes) is 3. The molecular weight excluding hydrogens is 469 g/mol. The molecule has 3 aromatic rings. The minimum absolute atomic E-state index is 0.0631. The Bertz CT molecular complexity index is 1190. The van der Waals surface area contributed by atoms with Crippen LogP contribution in [-0.4, -0.2) is 6.61 Å². The number of ether oxygens (including phenoxy) is 1. The third-order valence-electron chi connectivity index (χ3n) is 7.51. The molecular formula is C33H37F3O. The van der Waals surface area contributed by atoms with Crippen LogP contribution in [0.15, 0.2) is 66.7 Å². The Morgan fingerprint density at radius 2 is 1.46 bits per heavy atom. The van der Waals surface area contributed by atoms with Crippen LogP contribution in [0.1, 0.15) is 76.7 Å². The minimum atomic E-state index is -0.974. The summed E-state index contributed by atoms with van der Waals surface area (Å²) in [5.74, 6) is -1.18. The van der Waals surface area contributed by atoms with Crippen molar-refractivity contribution in [2.75, 3.05) is 6.61 Å². The molecule has 1 nitrogen and oxygen atoms in total. The van der Waals surface area contributed by atoms with Gasteiger partial charge in [-0.3, -0.25) is 0 Å². The number of benzene rings is 3.